The first-order chi connectivity index (χ1) is 17.6. The fourth-order valence-corrected chi connectivity index (χ4v) is 561. The molecule has 0 bridgehead atoms. The highest BCUT2D eigenvalue weighted by Gasteiger charge is 3.31. The summed E-state index contributed by atoms with van der Waals surface area (Å²) in [4.78, 5) is 0. The molecule has 0 N–H and O–H groups in total. The van der Waals surface area contributed by atoms with E-state index in [2.05, 4.69) is 186 Å². The van der Waals surface area contributed by atoms with Gasteiger partial charge in [-0.1, -0.05) is 179 Å². The summed E-state index contributed by atoms with van der Waals surface area (Å²) < 4.78 is 0. The van der Waals surface area contributed by atoms with Gasteiger partial charge in [0.05, 0.1) is 15.2 Å². The Morgan fingerprint density at radius 2 is 0.524 bits per heavy atom. The Hall–Kier alpha value is 1.52. The van der Waals surface area contributed by atoms with Crippen LogP contribution >= 0.6 is 0 Å². The topological polar surface area (TPSA) is 0 Å². The first-order valence-electron chi connectivity index (χ1n) is 17.5. The summed E-state index contributed by atoms with van der Waals surface area (Å²) in [5, 5.41) is 3.70. The molecule has 248 valence electrons. The molecule has 2 aliphatic rings. The molecule has 2 atom stereocenters. The maximum Gasteiger partial charge on any atom is 0.213 e. The van der Waals surface area contributed by atoms with Crippen molar-refractivity contribution >= 4 is 49.5 Å². The van der Waals surface area contributed by atoms with Crippen molar-refractivity contribution in [1.29, 1.82) is 0 Å². The molecule has 0 amide bonds. The van der Waals surface area contributed by atoms with E-state index < -0.39 is 49.5 Å². The van der Waals surface area contributed by atoms with Crippen LogP contribution in [0.1, 0.15) is 166 Å². The zero-order valence-corrected chi connectivity index (χ0v) is 41.5. The summed E-state index contributed by atoms with van der Waals surface area (Å²) in [7, 11) is -7.53. The molecule has 0 nitrogen and oxygen atoms in total. The van der Waals surface area contributed by atoms with Gasteiger partial charge in [0.15, 0.2) is 7.35 Å². The Morgan fingerprint density at radius 3 is 0.643 bits per heavy atom. The highest BCUT2D eigenvalue weighted by atomic mass is 31.0. The largest absolute Gasteiger partial charge is 0.213 e. The lowest BCUT2D eigenvalue weighted by Crippen LogP contribution is -2.84. The third-order valence-corrected chi connectivity index (χ3v) is 244. The zero-order chi connectivity index (χ0) is 34.6. The lowest BCUT2D eigenvalue weighted by Gasteiger charge is -2.61. The Kier molecular flexibility index (Phi) is 8.84. The van der Waals surface area contributed by atoms with Crippen molar-refractivity contribution in [2.75, 3.05) is 0 Å². The van der Waals surface area contributed by atoms with Gasteiger partial charge in [-0.25, -0.2) is 0 Å². The quantitative estimate of drug-likeness (QED) is 0.258. The van der Waals surface area contributed by atoms with Crippen LogP contribution < -0.4 is 0 Å². The standard InChI is InChI=1S/C35H81Si7/c1-28(2,3)37(25,29(4,5)6)36-41(38(26,30(7,8)9)31(10,11)12)40(34(19,20)21,35(22,23)24)42(36,41)39(27,32(13,14)15)33(16,17)18/h1-27H3/q+1. The molecule has 0 saturated carbocycles. The monoisotopic (exact) mass is 697 g/mol. The van der Waals surface area contributed by atoms with Crippen LogP contribution in [-0.2, 0) is 0 Å². The number of hydrogen-bond acceptors (Lipinski definition) is 0. The van der Waals surface area contributed by atoms with E-state index in [1.807, 2.05) is 0 Å². The highest BCUT2D eigenvalue weighted by Crippen LogP contribution is 2.94. The van der Waals surface area contributed by atoms with Gasteiger partial charge in [-0.3, -0.25) is 0 Å². The van der Waals surface area contributed by atoms with Gasteiger partial charge in [-0.2, -0.15) is 0 Å². The third kappa shape index (κ3) is 3.88. The predicted octanol–water partition coefficient (Wildman–Crippen LogP) is 13.1. The van der Waals surface area contributed by atoms with E-state index in [1.165, 1.54) is 0 Å². The van der Waals surface area contributed by atoms with Crippen molar-refractivity contribution in [3.05, 3.63) is 0 Å². The second kappa shape index (κ2) is 9.35. The minimum absolute atomic E-state index is 0.447. The molecule has 7 heteroatoms. The molecule has 2 rings (SSSR count). The van der Waals surface area contributed by atoms with Crippen LogP contribution in [-0.4, -0.2) is 49.5 Å². The normalized spacial score (nSPS) is 26.8. The number of rotatable bonds is 3. The van der Waals surface area contributed by atoms with Crippen molar-refractivity contribution in [2.24, 2.45) is 0 Å². The van der Waals surface area contributed by atoms with Gasteiger partial charge in [0, 0.05) is 0 Å². The molecule has 0 aromatic carbocycles. The molecule has 2 aliphatic heterocycles. The number of fused-ring (bicyclic) bond motifs is 1. The van der Waals surface area contributed by atoms with Crippen molar-refractivity contribution < 1.29 is 0 Å². The fraction of sp³-hybridized carbons (Fsp3) is 1.00. The molecule has 2 fully saturated rings. The molecule has 2 heterocycles. The van der Waals surface area contributed by atoms with Gasteiger partial charge >= 0.3 is 0 Å². The van der Waals surface area contributed by atoms with Gasteiger partial charge in [0.2, 0.25) is 19.9 Å². The molecule has 0 aromatic rings. The highest BCUT2D eigenvalue weighted by molar-refractivity contribution is 8.72. The Morgan fingerprint density at radius 1 is 0.333 bits per heavy atom. The van der Waals surface area contributed by atoms with E-state index in [0.717, 1.165) is 0 Å². The molecular formula is C35H81Si7+. The average Bonchev–Trinajstić information content (AvgIpc) is 3.43. The van der Waals surface area contributed by atoms with Gasteiger partial charge in [-0.15, -0.1) is 0 Å². The lowest BCUT2D eigenvalue weighted by atomic mass is 10.2. The fourth-order valence-electron chi connectivity index (χ4n) is 13.8. The first-order valence-corrected chi connectivity index (χ1v) is 40.5. The van der Waals surface area contributed by atoms with Crippen LogP contribution in [0.4, 0.5) is 0 Å². The first kappa shape index (κ1) is 39.7. The average molecular weight is 699 g/mol. The second-order valence-electron chi connectivity index (χ2n) is 24.0. The van der Waals surface area contributed by atoms with Crippen LogP contribution in [0.3, 0.4) is 0 Å². The molecule has 0 aromatic heterocycles. The molecule has 0 aliphatic carbocycles. The van der Waals surface area contributed by atoms with Crippen molar-refractivity contribution in [3.8, 4) is 0 Å². The summed E-state index contributed by atoms with van der Waals surface area (Å²) in [5.41, 5.74) is 0. The summed E-state index contributed by atoms with van der Waals surface area (Å²) in [6, 6.07) is 0. The molecule has 0 spiro atoms. The Balaban J connectivity index is 3.65. The maximum absolute atomic E-state index is 3.12. The SMILES string of the molecule is CC(C)(C)[Si](C)([Si+]1[Si]2([Si](C)(C(C)(C)C)C(C)(C)C)[Si](C(C)(C)C)(C(C)(C)C)[Si]12[Si](C)(C(C)(C)C)C(C)(C)C)C(C)(C)C. The number of hydrogen-bond donors (Lipinski definition) is 0. The summed E-state index contributed by atoms with van der Waals surface area (Å²) in [6.07, 6.45) is -3.33. The van der Waals surface area contributed by atoms with Gasteiger partial charge in [0.25, 0.3) is 0 Å². The Labute approximate surface area is 274 Å². The van der Waals surface area contributed by atoms with Crippen LogP contribution in [0.5, 0.6) is 0 Å². The van der Waals surface area contributed by atoms with Gasteiger partial charge < -0.3 is 0 Å². The lowest BCUT2D eigenvalue weighted by molar-refractivity contribution is 0.629. The van der Waals surface area contributed by atoms with E-state index in [0.29, 0.717) is 40.3 Å². The van der Waals surface area contributed by atoms with Crippen molar-refractivity contribution in [1.82, 2.24) is 0 Å². The van der Waals surface area contributed by atoms with Crippen molar-refractivity contribution in [2.45, 2.75) is 226 Å². The van der Waals surface area contributed by atoms with Gasteiger partial charge in [-0.05, 0) is 46.9 Å². The minimum Gasteiger partial charge on any atom is -0.0683 e. The molecule has 0 radical (unpaired) electrons. The predicted molar refractivity (Wildman–Crippen MR) is 216 cm³/mol. The van der Waals surface area contributed by atoms with E-state index in [9.17, 15) is 0 Å². The Bertz CT molecular complexity index is 954. The van der Waals surface area contributed by atoms with E-state index in [1.54, 1.807) is 0 Å². The molecular weight excluding hydrogens is 617 g/mol. The maximum atomic E-state index is 3.12. The van der Waals surface area contributed by atoms with E-state index >= 15 is 0 Å². The molecule has 2 saturated heterocycles. The summed E-state index contributed by atoms with van der Waals surface area (Å²) in [5.74, 6) is 0. The zero-order valence-electron chi connectivity index (χ0n) is 34.5. The molecule has 42 heavy (non-hydrogen) atoms. The second-order valence-corrected chi connectivity index (χ2v) is 108. The van der Waals surface area contributed by atoms with Crippen LogP contribution in [0.25, 0.3) is 0 Å². The smallest absolute Gasteiger partial charge is 0.0683 e. The minimum atomic E-state index is -1.82. The van der Waals surface area contributed by atoms with Crippen molar-refractivity contribution in [3.63, 3.8) is 0 Å². The summed E-state index contributed by atoms with van der Waals surface area (Å²) >= 11 is 0. The van der Waals surface area contributed by atoms with E-state index in [-0.39, 0.29) is 0 Å². The van der Waals surface area contributed by atoms with Crippen LogP contribution in [0, 0.1) is 0 Å². The molecule has 2 unspecified atom stereocenters. The van der Waals surface area contributed by atoms with Crippen LogP contribution in [0.15, 0.2) is 0 Å². The van der Waals surface area contributed by atoms with Gasteiger partial charge in [0.1, 0.15) is 7.11 Å². The third-order valence-electron chi connectivity index (χ3n) is 15.6. The summed E-state index contributed by atoms with van der Waals surface area (Å²) in [6.45, 7) is 76.2. The van der Waals surface area contributed by atoms with Crippen LogP contribution in [0.2, 0.25) is 59.9 Å². The van der Waals surface area contributed by atoms with E-state index in [4.69, 9.17) is 0 Å².